The van der Waals surface area contributed by atoms with Crippen LogP contribution in [0.1, 0.15) is 10.5 Å². The van der Waals surface area contributed by atoms with Crippen LogP contribution in [0.4, 0.5) is 11.5 Å². The van der Waals surface area contributed by atoms with Crippen LogP contribution in [0.15, 0.2) is 72.1 Å². The van der Waals surface area contributed by atoms with E-state index in [9.17, 15) is 13.2 Å². The fraction of sp³-hybridized carbons (Fsp3) is 0. The van der Waals surface area contributed by atoms with Crippen molar-refractivity contribution in [2.75, 3.05) is 10.0 Å². The lowest BCUT2D eigenvalue weighted by Gasteiger charge is -2.08. The fourth-order valence-corrected chi connectivity index (χ4v) is 2.96. The van der Waals surface area contributed by atoms with Crippen molar-refractivity contribution in [1.29, 1.82) is 0 Å². The number of aromatic nitrogens is 3. The molecule has 2 N–H and O–H groups in total. The van der Waals surface area contributed by atoms with E-state index in [1.165, 1.54) is 49.1 Å². The average molecular weight is 355 g/mol. The molecule has 8 nitrogen and oxygen atoms in total. The van der Waals surface area contributed by atoms with Crippen LogP contribution in [0.3, 0.4) is 0 Å². The Morgan fingerprint density at radius 3 is 2.36 bits per heavy atom. The molecular formula is C16H13N5O3S. The summed E-state index contributed by atoms with van der Waals surface area (Å²) < 4.78 is 27.0. The molecule has 0 aliphatic rings. The van der Waals surface area contributed by atoms with Crippen LogP contribution in [0.5, 0.6) is 0 Å². The van der Waals surface area contributed by atoms with E-state index in [4.69, 9.17) is 0 Å². The van der Waals surface area contributed by atoms with E-state index in [0.29, 0.717) is 5.69 Å². The molecule has 3 rings (SSSR count). The van der Waals surface area contributed by atoms with Crippen molar-refractivity contribution in [3.8, 4) is 0 Å². The standard InChI is InChI=1S/C16H13N5O3S/c22-16(14-11-17-9-10-18-14)20-12-4-6-13(7-5-12)25(23,24)21-15-3-1-2-8-19-15/h1-11H,(H,19,21)(H,20,22). The molecule has 0 fully saturated rings. The van der Waals surface area contributed by atoms with E-state index in [1.807, 2.05) is 0 Å². The van der Waals surface area contributed by atoms with Gasteiger partial charge in [-0.3, -0.25) is 14.5 Å². The third-order valence-corrected chi connectivity index (χ3v) is 4.49. The van der Waals surface area contributed by atoms with E-state index in [0.717, 1.165) is 0 Å². The van der Waals surface area contributed by atoms with Gasteiger partial charge in [0.2, 0.25) is 0 Å². The Labute approximate surface area is 144 Å². The number of rotatable bonds is 5. The smallest absolute Gasteiger partial charge is 0.275 e. The second-order valence-electron chi connectivity index (χ2n) is 4.89. The number of benzene rings is 1. The number of carbonyl (C=O) groups is 1. The number of hydrogen-bond donors (Lipinski definition) is 2. The first-order valence-corrected chi connectivity index (χ1v) is 8.64. The zero-order valence-corrected chi connectivity index (χ0v) is 13.6. The van der Waals surface area contributed by atoms with E-state index in [1.54, 1.807) is 18.2 Å². The minimum absolute atomic E-state index is 0.0515. The summed E-state index contributed by atoms with van der Waals surface area (Å²) in [6, 6.07) is 10.7. The maximum Gasteiger partial charge on any atom is 0.275 e. The SMILES string of the molecule is O=C(Nc1ccc(S(=O)(=O)Nc2ccccn2)cc1)c1cnccn1. The highest BCUT2D eigenvalue weighted by Gasteiger charge is 2.15. The predicted octanol–water partition coefficient (Wildman–Crippen LogP) is 1.92. The van der Waals surface area contributed by atoms with Crippen molar-refractivity contribution in [3.05, 3.63) is 72.9 Å². The van der Waals surface area contributed by atoms with E-state index >= 15 is 0 Å². The van der Waals surface area contributed by atoms with Gasteiger partial charge < -0.3 is 5.32 Å². The van der Waals surface area contributed by atoms with Gasteiger partial charge in [-0.2, -0.15) is 0 Å². The number of carbonyl (C=O) groups excluding carboxylic acids is 1. The van der Waals surface area contributed by atoms with E-state index in [-0.39, 0.29) is 16.4 Å². The predicted molar refractivity (Wildman–Crippen MR) is 91.5 cm³/mol. The van der Waals surface area contributed by atoms with Crippen LogP contribution < -0.4 is 10.0 Å². The summed E-state index contributed by atoms with van der Waals surface area (Å²) in [5.41, 5.74) is 0.600. The first-order chi connectivity index (χ1) is 12.0. The molecule has 0 atom stereocenters. The zero-order valence-electron chi connectivity index (χ0n) is 12.8. The van der Waals surface area contributed by atoms with Crippen LogP contribution in [0.25, 0.3) is 0 Å². The third-order valence-electron chi connectivity index (χ3n) is 3.12. The molecule has 126 valence electrons. The highest BCUT2D eigenvalue weighted by atomic mass is 32.2. The van der Waals surface area contributed by atoms with Gasteiger partial charge in [0.1, 0.15) is 11.5 Å². The van der Waals surface area contributed by atoms with Crippen molar-refractivity contribution >= 4 is 27.4 Å². The summed E-state index contributed by atoms with van der Waals surface area (Å²) in [5.74, 6) is -0.210. The maximum absolute atomic E-state index is 12.3. The number of hydrogen-bond acceptors (Lipinski definition) is 6. The van der Waals surface area contributed by atoms with E-state index in [2.05, 4.69) is 25.0 Å². The summed E-state index contributed by atoms with van der Waals surface area (Å²) in [4.78, 5) is 23.7. The Kier molecular flexibility index (Phi) is 4.66. The molecule has 0 saturated carbocycles. The third kappa shape index (κ3) is 4.15. The van der Waals surface area contributed by atoms with Crippen LogP contribution in [0.2, 0.25) is 0 Å². The van der Waals surface area contributed by atoms with Crippen molar-refractivity contribution in [2.24, 2.45) is 0 Å². The molecular weight excluding hydrogens is 342 g/mol. The molecule has 2 aromatic heterocycles. The van der Waals surface area contributed by atoms with Crippen molar-refractivity contribution in [3.63, 3.8) is 0 Å². The number of amides is 1. The lowest BCUT2D eigenvalue weighted by atomic mass is 10.3. The number of anilines is 2. The van der Waals surface area contributed by atoms with Gasteiger partial charge in [0, 0.05) is 24.3 Å². The molecule has 0 aliphatic carbocycles. The van der Waals surface area contributed by atoms with Gasteiger partial charge >= 0.3 is 0 Å². The molecule has 3 aromatic rings. The lowest BCUT2D eigenvalue weighted by Crippen LogP contribution is -2.15. The Bertz CT molecular complexity index is 962. The molecule has 2 heterocycles. The van der Waals surface area contributed by atoms with Crippen molar-refractivity contribution < 1.29 is 13.2 Å². The van der Waals surface area contributed by atoms with Gasteiger partial charge in [-0.15, -0.1) is 0 Å². The molecule has 1 amide bonds. The summed E-state index contributed by atoms with van der Waals surface area (Å²) >= 11 is 0. The van der Waals surface area contributed by atoms with Gasteiger partial charge in [-0.05, 0) is 36.4 Å². The van der Waals surface area contributed by atoms with Gasteiger partial charge in [0.25, 0.3) is 15.9 Å². The zero-order chi connectivity index (χ0) is 17.7. The average Bonchev–Trinajstić information content (AvgIpc) is 2.63. The molecule has 1 aromatic carbocycles. The molecule has 25 heavy (non-hydrogen) atoms. The Balaban J connectivity index is 1.72. The van der Waals surface area contributed by atoms with Gasteiger partial charge in [-0.25, -0.2) is 18.4 Å². The summed E-state index contributed by atoms with van der Waals surface area (Å²) in [6.45, 7) is 0. The Hall–Kier alpha value is -3.33. The van der Waals surface area contributed by atoms with Crippen molar-refractivity contribution in [2.45, 2.75) is 4.90 Å². The van der Waals surface area contributed by atoms with Crippen LogP contribution in [0, 0.1) is 0 Å². The lowest BCUT2D eigenvalue weighted by molar-refractivity contribution is 0.102. The molecule has 0 saturated heterocycles. The molecule has 9 heteroatoms. The molecule has 0 radical (unpaired) electrons. The van der Waals surface area contributed by atoms with Crippen LogP contribution in [-0.4, -0.2) is 29.3 Å². The minimum Gasteiger partial charge on any atom is -0.321 e. The second kappa shape index (κ2) is 7.05. The number of nitrogens with one attached hydrogen (secondary N) is 2. The summed E-state index contributed by atoms with van der Waals surface area (Å²) in [6.07, 6.45) is 5.70. The van der Waals surface area contributed by atoms with Gasteiger partial charge in [0.05, 0.1) is 11.1 Å². The van der Waals surface area contributed by atoms with Gasteiger partial charge in [0.15, 0.2) is 0 Å². The Morgan fingerprint density at radius 2 is 1.72 bits per heavy atom. The molecule has 0 unspecified atom stereocenters. The molecule has 0 spiro atoms. The highest BCUT2D eigenvalue weighted by Crippen LogP contribution is 2.17. The summed E-state index contributed by atoms with van der Waals surface area (Å²) in [5, 5.41) is 2.62. The topological polar surface area (TPSA) is 114 Å². The van der Waals surface area contributed by atoms with E-state index < -0.39 is 15.9 Å². The molecule has 0 aliphatic heterocycles. The largest absolute Gasteiger partial charge is 0.321 e. The second-order valence-corrected chi connectivity index (χ2v) is 6.57. The molecule has 0 bridgehead atoms. The highest BCUT2D eigenvalue weighted by molar-refractivity contribution is 7.92. The summed E-state index contributed by atoms with van der Waals surface area (Å²) in [7, 11) is -3.76. The van der Waals surface area contributed by atoms with Gasteiger partial charge in [-0.1, -0.05) is 6.07 Å². The quantitative estimate of drug-likeness (QED) is 0.723. The van der Waals surface area contributed by atoms with Crippen LogP contribution >= 0.6 is 0 Å². The minimum atomic E-state index is -3.76. The maximum atomic E-state index is 12.3. The number of pyridine rings is 1. The van der Waals surface area contributed by atoms with Crippen molar-refractivity contribution in [1.82, 2.24) is 15.0 Å². The first-order valence-electron chi connectivity index (χ1n) is 7.16. The monoisotopic (exact) mass is 355 g/mol. The fourth-order valence-electron chi connectivity index (χ4n) is 1.95. The Morgan fingerprint density at radius 1 is 0.920 bits per heavy atom. The first kappa shape index (κ1) is 16.5. The van der Waals surface area contributed by atoms with Crippen LogP contribution in [-0.2, 0) is 10.0 Å². The number of nitrogens with zero attached hydrogens (tertiary/aromatic N) is 3. The normalized spacial score (nSPS) is 10.9. The number of sulfonamides is 1.